The molecule has 1 unspecified atom stereocenters. The molecule has 7 N–H and O–H groups in total. The second kappa shape index (κ2) is 13.7. The molecule has 6 fully saturated rings. The Bertz CT molecular complexity index is 1420. The maximum atomic E-state index is 13.1. The van der Waals surface area contributed by atoms with Gasteiger partial charge in [-0.15, -0.1) is 0 Å². The standard InChI is InChI=1S/C41H66O12/c1-20-10-15-41(36(48)49)17-16-39(6)22(28(41)21(20)2)8-9-26-38(5)13-12-27(37(3,4)25(38)11-14-40(26,39)7)53-34-32(46)30(44)24(19-50-34)52-35-33(47)31(45)29(43)23(18-42)51-35/h8,20-21,23-35,42-47H,9-19H2,1-7H3,(H,48,49)/t20-,21+,23-,24-,25?,26-,27+,28+,29-,30+,31+,32-,33-,34+,35+,38+,39-,40-,41+/m1/s1. The summed E-state index contributed by atoms with van der Waals surface area (Å²) < 4.78 is 23.7. The minimum atomic E-state index is -1.65. The van der Waals surface area contributed by atoms with Gasteiger partial charge < -0.3 is 54.7 Å². The molecule has 19 atom stereocenters. The lowest BCUT2D eigenvalue weighted by Gasteiger charge is -2.71. The highest BCUT2D eigenvalue weighted by Crippen LogP contribution is 2.76. The van der Waals surface area contributed by atoms with Gasteiger partial charge in [-0.05, 0) is 109 Å². The number of hydrogen-bond donors (Lipinski definition) is 7. The average Bonchev–Trinajstić information content (AvgIpc) is 3.10. The van der Waals surface area contributed by atoms with E-state index in [4.69, 9.17) is 18.9 Å². The van der Waals surface area contributed by atoms with Gasteiger partial charge in [0.25, 0.3) is 0 Å². The van der Waals surface area contributed by atoms with Gasteiger partial charge in [0.05, 0.1) is 24.7 Å². The topological polar surface area (TPSA) is 196 Å². The molecule has 2 aliphatic heterocycles. The molecule has 0 bridgehead atoms. The van der Waals surface area contributed by atoms with E-state index in [2.05, 4.69) is 54.5 Å². The van der Waals surface area contributed by atoms with Crippen molar-refractivity contribution in [1.29, 1.82) is 0 Å². The highest BCUT2D eigenvalue weighted by atomic mass is 16.7. The van der Waals surface area contributed by atoms with Crippen LogP contribution < -0.4 is 0 Å². The first-order chi connectivity index (χ1) is 24.8. The molecule has 0 aromatic carbocycles. The van der Waals surface area contributed by atoms with Crippen LogP contribution in [0.2, 0.25) is 0 Å². The van der Waals surface area contributed by atoms with Crippen LogP contribution in [0.15, 0.2) is 11.6 Å². The average molecular weight is 751 g/mol. The molecule has 0 radical (unpaired) electrons. The quantitative estimate of drug-likeness (QED) is 0.155. The van der Waals surface area contributed by atoms with Crippen molar-refractivity contribution in [3.05, 3.63) is 11.6 Å². The van der Waals surface area contributed by atoms with E-state index in [9.17, 15) is 40.5 Å². The lowest BCUT2D eigenvalue weighted by Crippen LogP contribution is -2.66. The van der Waals surface area contributed by atoms with E-state index < -0.39 is 73.3 Å². The summed E-state index contributed by atoms with van der Waals surface area (Å²) in [7, 11) is 0. The Morgan fingerprint density at radius 1 is 0.811 bits per heavy atom. The number of ether oxygens (including phenoxy) is 4. The van der Waals surface area contributed by atoms with Crippen LogP contribution in [0.3, 0.4) is 0 Å². The normalized spacial score (nSPS) is 55.1. The van der Waals surface area contributed by atoms with E-state index in [-0.39, 0.29) is 40.3 Å². The molecular weight excluding hydrogens is 684 g/mol. The Hall–Kier alpha value is -1.19. The summed E-state index contributed by atoms with van der Waals surface area (Å²) >= 11 is 0. The van der Waals surface area contributed by atoms with Crippen molar-refractivity contribution in [2.75, 3.05) is 13.2 Å². The molecule has 0 aromatic rings. The van der Waals surface area contributed by atoms with Crippen LogP contribution in [0.5, 0.6) is 0 Å². The largest absolute Gasteiger partial charge is 0.481 e. The fourth-order valence-electron chi connectivity index (χ4n) is 13.6. The molecule has 53 heavy (non-hydrogen) atoms. The first-order valence-electron chi connectivity index (χ1n) is 20.3. The molecule has 7 rings (SSSR count). The number of aliphatic hydroxyl groups excluding tert-OH is 6. The van der Waals surface area contributed by atoms with Crippen LogP contribution in [0.1, 0.15) is 106 Å². The van der Waals surface area contributed by atoms with Crippen LogP contribution in [-0.4, -0.2) is 116 Å². The lowest BCUT2D eigenvalue weighted by molar-refractivity contribution is -0.351. The summed E-state index contributed by atoms with van der Waals surface area (Å²) in [6.07, 6.45) is -2.26. The van der Waals surface area contributed by atoms with Crippen molar-refractivity contribution in [1.82, 2.24) is 0 Å². The van der Waals surface area contributed by atoms with Crippen LogP contribution in [0.25, 0.3) is 0 Å². The highest BCUT2D eigenvalue weighted by molar-refractivity contribution is 5.76. The predicted molar refractivity (Wildman–Crippen MR) is 192 cm³/mol. The monoisotopic (exact) mass is 750 g/mol. The van der Waals surface area contributed by atoms with Gasteiger partial charge in [-0.2, -0.15) is 0 Å². The number of carboxylic acids is 1. The molecule has 0 spiro atoms. The van der Waals surface area contributed by atoms with Crippen molar-refractivity contribution >= 4 is 5.97 Å². The summed E-state index contributed by atoms with van der Waals surface area (Å²) in [5, 5.41) is 73.3. The van der Waals surface area contributed by atoms with Crippen LogP contribution in [-0.2, 0) is 23.7 Å². The maximum Gasteiger partial charge on any atom is 0.310 e. The van der Waals surface area contributed by atoms with E-state index >= 15 is 0 Å². The number of allylic oxidation sites excluding steroid dienone is 2. The Balaban J connectivity index is 1.06. The van der Waals surface area contributed by atoms with Crippen molar-refractivity contribution in [3.63, 3.8) is 0 Å². The lowest BCUT2D eigenvalue weighted by atomic mass is 9.33. The molecule has 4 saturated carbocycles. The fourth-order valence-corrected chi connectivity index (χ4v) is 13.6. The number of rotatable bonds is 6. The van der Waals surface area contributed by atoms with E-state index in [0.29, 0.717) is 23.7 Å². The van der Waals surface area contributed by atoms with Gasteiger partial charge in [0.15, 0.2) is 12.6 Å². The molecule has 302 valence electrons. The first-order valence-corrected chi connectivity index (χ1v) is 20.3. The number of aliphatic hydroxyl groups is 6. The predicted octanol–water partition coefficient (Wildman–Crippen LogP) is 3.38. The Morgan fingerprint density at radius 2 is 1.51 bits per heavy atom. The molecule has 2 heterocycles. The SMILES string of the molecule is C[C@H]1[C@H](C)CC[C@]2(C(=O)O)CC[C@]3(C)C(=CC[C@@H]4[C@@]5(C)CC[C@H](O[C@@H]6OC[C@@H](O[C@@H]7O[C@H](CO)[C@@H](O)[C@H](O)[C@H]7O)[C@H](O)[C@H]6O)C(C)(C)C5CC[C@]43C)[C@H]12. The van der Waals surface area contributed by atoms with E-state index in [1.54, 1.807) is 0 Å². The van der Waals surface area contributed by atoms with Crippen LogP contribution in [0, 0.1) is 56.7 Å². The second-order valence-electron chi connectivity index (χ2n) is 19.6. The van der Waals surface area contributed by atoms with E-state index in [1.807, 2.05) is 0 Å². The third-order valence-corrected chi connectivity index (χ3v) is 17.2. The molecule has 0 aromatic heterocycles. The zero-order valence-corrected chi connectivity index (χ0v) is 32.7. The molecule has 12 nitrogen and oxygen atoms in total. The summed E-state index contributed by atoms with van der Waals surface area (Å²) in [5.74, 6) is 1.05. The molecule has 12 heteroatoms. The smallest absolute Gasteiger partial charge is 0.310 e. The van der Waals surface area contributed by atoms with Crippen molar-refractivity contribution in [2.45, 2.75) is 168 Å². The van der Waals surface area contributed by atoms with E-state index in [1.165, 1.54) is 5.57 Å². The van der Waals surface area contributed by atoms with E-state index in [0.717, 1.165) is 57.8 Å². The Morgan fingerprint density at radius 3 is 2.19 bits per heavy atom. The Labute approximate surface area is 314 Å². The number of carbonyl (C=O) groups is 1. The second-order valence-corrected chi connectivity index (χ2v) is 19.6. The van der Waals surface area contributed by atoms with Crippen molar-refractivity contribution in [3.8, 4) is 0 Å². The summed E-state index contributed by atoms with van der Waals surface area (Å²) in [4.78, 5) is 13.1. The number of fused-ring (bicyclic) bond motifs is 7. The fraction of sp³-hybridized carbons (Fsp3) is 0.927. The number of carboxylic acid groups (broad SMARTS) is 1. The molecular formula is C41H66O12. The van der Waals surface area contributed by atoms with Gasteiger partial charge >= 0.3 is 5.97 Å². The molecule has 0 amide bonds. The maximum absolute atomic E-state index is 13.1. The van der Waals surface area contributed by atoms with Crippen LogP contribution in [0.4, 0.5) is 0 Å². The van der Waals surface area contributed by atoms with Crippen LogP contribution >= 0.6 is 0 Å². The molecule has 5 aliphatic carbocycles. The van der Waals surface area contributed by atoms with Gasteiger partial charge in [-0.3, -0.25) is 4.79 Å². The minimum Gasteiger partial charge on any atom is -0.481 e. The van der Waals surface area contributed by atoms with Crippen molar-refractivity contribution in [2.24, 2.45) is 56.7 Å². The van der Waals surface area contributed by atoms with Gasteiger partial charge in [-0.25, -0.2) is 0 Å². The zero-order chi connectivity index (χ0) is 38.6. The zero-order valence-electron chi connectivity index (χ0n) is 32.7. The van der Waals surface area contributed by atoms with Gasteiger partial charge in [0.1, 0.15) is 42.7 Å². The molecule has 2 saturated heterocycles. The molecule has 7 aliphatic rings. The van der Waals surface area contributed by atoms with Crippen molar-refractivity contribution < 1.29 is 59.5 Å². The first kappa shape index (κ1) is 40.0. The van der Waals surface area contributed by atoms with Gasteiger partial charge in [0, 0.05) is 0 Å². The van der Waals surface area contributed by atoms with Gasteiger partial charge in [0.2, 0.25) is 0 Å². The van der Waals surface area contributed by atoms with Gasteiger partial charge in [-0.1, -0.05) is 60.1 Å². The number of aliphatic carboxylic acids is 1. The Kier molecular flexibility index (Phi) is 10.4. The minimum absolute atomic E-state index is 0.0180. The summed E-state index contributed by atoms with van der Waals surface area (Å²) in [6.45, 7) is 15.8. The third-order valence-electron chi connectivity index (χ3n) is 17.2. The summed E-state index contributed by atoms with van der Waals surface area (Å²) in [6, 6.07) is 0. The third kappa shape index (κ3) is 5.77. The number of hydrogen-bond acceptors (Lipinski definition) is 11. The highest BCUT2D eigenvalue weighted by Gasteiger charge is 2.70. The summed E-state index contributed by atoms with van der Waals surface area (Å²) in [5.41, 5.74) is 0.461.